The number of rotatable bonds is 63. The second-order valence-electron chi connectivity index (χ2n) is 33.0. The van der Waals surface area contributed by atoms with E-state index in [2.05, 4.69) is 13.8 Å². The first-order valence-corrected chi connectivity index (χ1v) is 43.2. The van der Waals surface area contributed by atoms with Crippen LogP contribution in [-0.4, -0.2) is 422 Å². The van der Waals surface area contributed by atoms with Crippen LogP contribution in [0.3, 0.4) is 0 Å². The lowest BCUT2D eigenvalue weighted by Crippen LogP contribution is -2.64. The molecular weight excluding hydrogens is 1690 g/mol. The molecule has 0 aliphatic carbocycles. The minimum Gasteiger partial charge on any atom is -0.506 e. The van der Waals surface area contributed by atoms with Crippen molar-refractivity contribution in [3.05, 3.63) is 69.9 Å². The topological polar surface area (TPSA) is 747 Å². The maximum absolute atomic E-state index is 11.9. The van der Waals surface area contributed by atoms with Gasteiger partial charge >= 0.3 is 0 Å². The van der Waals surface area contributed by atoms with Crippen LogP contribution in [0.4, 0.5) is 0 Å². The van der Waals surface area contributed by atoms with Crippen LogP contribution in [0.25, 0.3) is 0 Å². The summed E-state index contributed by atoms with van der Waals surface area (Å²) in [5.74, 6) is -7.93. The van der Waals surface area contributed by atoms with E-state index in [0.717, 1.165) is 77.6 Å². The molecule has 4 aliphatic rings. The van der Waals surface area contributed by atoms with E-state index in [4.69, 9.17) is 61.9 Å². The fourth-order valence-electron chi connectivity index (χ4n) is 15.2. The molecule has 1 aromatic carbocycles. The summed E-state index contributed by atoms with van der Waals surface area (Å²) in [7, 11) is 0. The molecule has 5 rings (SSSR count). The number of unbranched alkanes of at least 4 members (excludes halogenated alkanes) is 14. The monoisotopic (exact) mass is 1830 g/mol. The molecule has 44 heteroatoms. The third-order valence-corrected chi connectivity index (χ3v) is 23.0. The molecule has 0 amide bonds. The van der Waals surface area contributed by atoms with E-state index in [1.165, 1.54) is 0 Å². The van der Waals surface area contributed by atoms with Crippen molar-refractivity contribution < 1.29 is 220 Å². The van der Waals surface area contributed by atoms with Crippen molar-refractivity contribution in [3.63, 3.8) is 0 Å². The Morgan fingerprint density at radius 1 is 0.381 bits per heavy atom. The van der Waals surface area contributed by atoms with Gasteiger partial charge in [0.25, 0.3) is 0 Å². The lowest BCUT2D eigenvalue weighted by molar-refractivity contribution is -0.421. The Bertz CT molecular complexity index is 3190. The Balaban J connectivity index is 1.67. The van der Waals surface area contributed by atoms with E-state index in [0.29, 0.717) is 43.2 Å². The molecule has 4 saturated heterocycles. The van der Waals surface area contributed by atoms with Crippen molar-refractivity contribution in [2.75, 3.05) is 79.3 Å². The van der Waals surface area contributed by atoms with Crippen molar-refractivity contribution >= 4 is 0 Å². The quantitative estimate of drug-likeness (QED) is 0.00965. The van der Waals surface area contributed by atoms with Crippen LogP contribution >= 0.6 is 0 Å². The average molecular weight is 1830 g/mol. The summed E-state index contributed by atoms with van der Waals surface area (Å²) in [6.45, 7) is -4.19. The molecule has 4 heterocycles. The fourth-order valence-corrected chi connectivity index (χ4v) is 15.2. The van der Waals surface area contributed by atoms with Crippen molar-refractivity contribution in [2.45, 2.75) is 353 Å². The van der Waals surface area contributed by atoms with Gasteiger partial charge in [-0.15, -0.1) is 0 Å². The first kappa shape index (κ1) is 112. The largest absolute Gasteiger partial charge is 0.506 e. The van der Waals surface area contributed by atoms with Gasteiger partial charge in [0, 0.05) is 49.9 Å². The zero-order valence-electron chi connectivity index (χ0n) is 71.5. The van der Waals surface area contributed by atoms with Gasteiger partial charge in [0.1, 0.15) is 134 Å². The molecule has 14 unspecified atom stereocenters. The second-order valence-corrected chi connectivity index (χ2v) is 33.0. The molecule has 0 bridgehead atoms. The van der Waals surface area contributed by atoms with Crippen LogP contribution in [0.2, 0.25) is 0 Å². The molecule has 32 atom stereocenters. The smallest absolute Gasteiger partial charge is 0.218 e. The molecule has 0 spiro atoms. The van der Waals surface area contributed by atoms with E-state index in [1.807, 2.05) is 0 Å². The van der Waals surface area contributed by atoms with Gasteiger partial charge in [-0.05, 0) is 43.7 Å². The van der Waals surface area contributed by atoms with Gasteiger partial charge in [0.2, 0.25) is 18.9 Å². The molecule has 31 N–H and O–H groups in total. The number of aliphatic hydroxyl groups is 31. The van der Waals surface area contributed by atoms with E-state index >= 15 is 0 Å². The van der Waals surface area contributed by atoms with Gasteiger partial charge in [-0.2, -0.15) is 0 Å². The first-order valence-electron chi connectivity index (χ1n) is 43.2. The summed E-state index contributed by atoms with van der Waals surface area (Å²) < 4.78 is 65.5. The summed E-state index contributed by atoms with van der Waals surface area (Å²) in [5.41, 5.74) is -2.08. The SMILES string of the molecule is CCCCCCCCCCC(CO[C@@H]1OC(CO)[C@@H](O[C@H]2OC(CO)[C@@H](O)C(O)C2O)C(O)C1O)(CO[C@H](O)/C(O)=C(/O)[C@@H](CCO)O[C@H](O)/C(O)=C(/O)[C@H](O)CCO)Cc1ccc(C[C@](CCCCCCCCCC)(CO[C@@H]2OC(CO)[C@@H](OOC(CO)[C@@H](O)C(O)[C@@H](C)O)C(O)C2O)CO[C@@H]2OC(CO)[C@@H](O[C@H](O)/C(O)=C(\O)[C@H](O)CCO)[C@H](O)C2O)cc1. The highest BCUT2D eigenvalue weighted by molar-refractivity contribution is 5.25. The minimum atomic E-state index is -2.59. The predicted molar refractivity (Wildman–Crippen MR) is 431 cm³/mol. The third-order valence-electron chi connectivity index (χ3n) is 23.0. The predicted octanol–water partition coefficient (Wildman–Crippen LogP) is -4.27. The highest BCUT2D eigenvalue weighted by atomic mass is 17.2. The van der Waals surface area contributed by atoms with Crippen LogP contribution in [0.5, 0.6) is 0 Å². The summed E-state index contributed by atoms with van der Waals surface area (Å²) >= 11 is 0. The van der Waals surface area contributed by atoms with Crippen LogP contribution < -0.4 is 0 Å². The summed E-state index contributed by atoms with van der Waals surface area (Å²) in [4.78, 5) is 10.5. The zero-order valence-corrected chi connectivity index (χ0v) is 71.5. The van der Waals surface area contributed by atoms with Crippen LogP contribution in [-0.2, 0) is 74.7 Å². The Hall–Kier alpha value is -4.28. The van der Waals surface area contributed by atoms with Crippen molar-refractivity contribution in [1.82, 2.24) is 0 Å². The van der Waals surface area contributed by atoms with Crippen molar-refractivity contribution in [3.8, 4) is 0 Å². The highest BCUT2D eigenvalue weighted by Gasteiger charge is 2.54. The molecule has 4 fully saturated rings. The molecule has 0 saturated carbocycles. The van der Waals surface area contributed by atoms with E-state index in [9.17, 15) is 158 Å². The zero-order chi connectivity index (χ0) is 93.7. The van der Waals surface area contributed by atoms with E-state index in [-0.39, 0.29) is 25.7 Å². The molecule has 0 radical (unpaired) electrons. The molecule has 44 nitrogen and oxygen atoms in total. The number of hydrogen-bond donors (Lipinski definition) is 31. The van der Waals surface area contributed by atoms with E-state index in [1.54, 1.807) is 24.3 Å². The first-order chi connectivity index (χ1) is 60.0. The Morgan fingerprint density at radius 3 is 1.17 bits per heavy atom. The van der Waals surface area contributed by atoms with Gasteiger partial charge in [0.15, 0.2) is 59.7 Å². The lowest BCUT2D eigenvalue weighted by Gasteiger charge is -2.46. The average Bonchev–Trinajstić information content (AvgIpc) is 0.790. The van der Waals surface area contributed by atoms with Crippen molar-refractivity contribution in [1.29, 1.82) is 0 Å². The molecule has 126 heavy (non-hydrogen) atoms. The van der Waals surface area contributed by atoms with E-state index < -0.39 is 328 Å². The minimum absolute atomic E-state index is 0.0644. The maximum Gasteiger partial charge on any atom is 0.218 e. The van der Waals surface area contributed by atoms with Gasteiger partial charge in [-0.3, -0.25) is 0 Å². The Labute approximate surface area is 730 Å². The second kappa shape index (κ2) is 57.3. The Kier molecular flexibility index (Phi) is 51.1. The molecule has 4 aliphatic heterocycles. The van der Waals surface area contributed by atoms with Crippen LogP contribution in [0.15, 0.2) is 58.8 Å². The summed E-state index contributed by atoms with van der Waals surface area (Å²) in [6, 6.07) is 6.63. The van der Waals surface area contributed by atoms with Gasteiger partial charge in [0.05, 0.1) is 65.6 Å². The summed E-state index contributed by atoms with van der Waals surface area (Å²) in [5, 5.41) is 333. The van der Waals surface area contributed by atoms with Crippen LogP contribution in [0, 0.1) is 10.8 Å². The number of benzene rings is 1. The molecule has 0 aromatic heterocycles. The fraction of sp³-hybridized carbons (Fsp3) is 0.854. The van der Waals surface area contributed by atoms with Gasteiger partial charge in [-0.1, -0.05) is 141 Å². The van der Waals surface area contributed by atoms with Crippen LogP contribution in [0.1, 0.15) is 167 Å². The number of ether oxygens (including phenoxy) is 11. The third kappa shape index (κ3) is 33.1. The lowest BCUT2D eigenvalue weighted by atomic mass is 9.76. The normalized spacial score (nSPS) is 30.9. The highest BCUT2D eigenvalue weighted by Crippen LogP contribution is 2.40. The van der Waals surface area contributed by atoms with Gasteiger partial charge < -0.3 is 210 Å². The van der Waals surface area contributed by atoms with Gasteiger partial charge in [-0.25, -0.2) is 9.78 Å². The number of aliphatic hydroxyl groups excluding tert-OH is 31. The standard InChI is InChI=1S/C82H144O44/c1-4-6-8-10-12-14-16-18-27-81(39-114-74(111)66(106)57(97)48(26-31-85)118-75(112)64(104)55(95)46(92)24-29-83,40-115-78-69(109)62(102)72(52(37-89)121-78)124-80-67(107)60(100)58(98)49(34-86)119-80)32-44-20-22-45(23-21-44)33-82(28-19-17-15-13-11-9-7-5-2,41-116-77-68(108)61(101)71(51(36-88)120-77)123-76(113)65(105)56(96)47(93)25-30-84)42-117-79-70(110)63(103)73(53(38-90)122-79)126-125-50(35-87)59(99)54(94)43(3)91/h20-23,43,46-54,58-63,67-80,83-113H,4-19,24-42H2,1-3H3/b64-55-,65-56+,66-57-/t43-,46-,47-,48-,49?,50?,51?,52?,53?,54?,58-,59-,60?,61-,62?,63?,67?,68?,69?,70?,71-,72-,73-,74+,75+,76+,77-,78-,79-,80-,81?,82+/m1/s1. The molecule has 1 aromatic rings. The molecule has 736 valence electrons. The maximum atomic E-state index is 11.9. The number of hydrogen-bond acceptors (Lipinski definition) is 44. The Morgan fingerprint density at radius 2 is 0.754 bits per heavy atom. The van der Waals surface area contributed by atoms with Crippen molar-refractivity contribution in [2.24, 2.45) is 10.8 Å². The molecular formula is C82H144O44. The summed E-state index contributed by atoms with van der Waals surface area (Å²) in [6.07, 6.45) is -47.9.